The van der Waals surface area contributed by atoms with Gasteiger partial charge in [-0.3, -0.25) is 0 Å². The van der Waals surface area contributed by atoms with E-state index in [4.69, 9.17) is 25.5 Å². The topological polar surface area (TPSA) is 110 Å². The van der Waals surface area contributed by atoms with Crippen molar-refractivity contribution < 1.29 is 30.3 Å². The first-order valence-corrected chi connectivity index (χ1v) is 3.56. The van der Waals surface area contributed by atoms with Gasteiger partial charge in [0, 0.05) is 0 Å². The Morgan fingerprint density at radius 2 is 1.50 bits per heavy atom. The molecular weight excluding hydrogens is 167 g/mol. The number of hydrogen-bond acceptors (Lipinski definition) is 6. The Hall–Kier alpha value is -0.240. The van der Waals surface area contributed by atoms with Crippen LogP contribution in [0.5, 0.6) is 0 Å². The second-order valence-electron chi connectivity index (χ2n) is 2.72. The third-order valence-corrected chi connectivity index (χ3v) is 1.87. The van der Waals surface area contributed by atoms with Gasteiger partial charge in [-0.1, -0.05) is 0 Å². The lowest BCUT2D eigenvalue weighted by atomic mass is 9.80. The Morgan fingerprint density at radius 1 is 0.917 bits per heavy atom. The molecule has 1 saturated heterocycles. The van der Waals surface area contributed by atoms with E-state index in [1.165, 1.54) is 0 Å². The summed E-state index contributed by atoms with van der Waals surface area (Å²) in [5.74, 6) is 0. The molecule has 0 saturated carbocycles. The zero-order chi connectivity index (χ0) is 9.30. The Morgan fingerprint density at radius 3 is 2.00 bits per heavy atom. The summed E-state index contributed by atoms with van der Waals surface area (Å²) in [5, 5.41) is 44.7. The molecule has 0 bridgehead atoms. The van der Waals surface area contributed by atoms with Gasteiger partial charge in [-0.15, -0.1) is 0 Å². The van der Waals surface area contributed by atoms with E-state index in [0.29, 0.717) is 0 Å². The molecule has 1 fully saturated rings. The molecule has 0 spiro atoms. The van der Waals surface area contributed by atoms with E-state index < -0.39 is 37.3 Å². The minimum atomic E-state index is -1.57. The highest BCUT2D eigenvalue weighted by atomic mass is 16.6. The van der Waals surface area contributed by atoms with Crippen LogP contribution in [0.15, 0.2) is 0 Å². The van der Waals surface area contributed by atoms with Gasteiger partial charge < -0.3 is 30.3 Å². The second-order valence-corrected chi connectivity index (χ2v) is 2.72. The SMILES string of the molecule is OC[C@H]1O[11C@H](O)[C@H](O)[C@@H](O)[C@@H]1O. The number of hydrogen-bond donors (Lipinski definition) is 5. The van der Waals surface area contributed by atoms with Crippen LogP contribution in [0, 0.1) is 0 Å². The predicted molar refractivity (Wildman–Crippen MR) is 36.0 cm³/mol. The minimum Gasteiger partial charge on any atom is -0.394 e. The van der Waals surface area contributed by atoms with Crippen LogP contribution in [0.25, 0.3) is 0 Å². The summed E-state index contributed by atoms with van der Waals surface area (Å²) >= 11 is 0. The molecule has 1 aliphatic heterocycles. The van der Waals surface area contributed by atoms with Crippen LogP contribution in [0.3, 0.4) is 0 Å². The van der Waals surface area contributed by atoms with Crippen molar-refractivity contribution in [2.75, 3.05) is 6.61 Å². The van der Waals surface area contributed by atoms with E-state index in [-0.39, 0.29) is 0 Å². The highest BCUT2D eigenvalue weighted by Crippen LogP contribution is 2.18. The van der Waals surface area contributed by atoms with Crippen molar-refractivity contribution in [1.29, 1.82) is 0 Å². The zero-order valence-electron chi connectivity index (χ0n) is 6.24. The summed E-state index contributed by atoms with van der Waals surface area (Å²) < 4.78 is 4.58. The van der Waals surface area contributed by atoms with Gasteiger partial charge in [-0.05, 0) is 0 Å². The fourth-order valence-corrected chi connectivity index (χ4v) is 1.08. The van der Waals surface area contributed by atoms with Gasteiger partial charge in [0.25, 0.3) is 0 Å². The Balaban J connectivity index is 2.63. The quantitative estimate of drug-likeness (QED) is 0.289. The molecule has 72 valence electrons. The minimum absolute atomic E-state index is 0.526. The monoisotopic (exact) mass is 179 g/mol. The number of aliphatic hydroxyl groups is 5. The van der Waals surface area contributed by atoms with Gasteiger partial charge in [0.15, 0.2) is 6.29 Å². The van der Waals surface area contributed by atoms with Crippen molar-refractivity contribution in [1.82, 2.24) is 0 Å². The molecule has 0 aromatic carbocycles. The fourth-order valence-electron chi connectivity index (χ4n) is 1.08. The smallest absolute Gasteiger partial charge is 0.184 e. The lowest BCUT2D eigenvalue weighted by Gasteiger charge is -2.37. The molecule has 0 aromatic rings. The van der Waals surface area contributed by atoms with Gasteiger partial charge in [0.2, 0.25) is 0 Å². The van der Waals surface area contributed by atoms with Crippen molar-refractivity contribution in [2.45, 2.75) is 30.7 Å². The van der Waals surface area contributed by atoms with Crippen LogP contribution >= 0.6 is 0 Å². The van der Waals surface area contributed by atoms with Crippen LogP contribution in [0.1, 0.15) is 0 Å². The fraction of sp³-hybridized carbons (Fsp3) is 1.00. The molecule has 1 rings (SSSR count). The second kappa shape index (κ2) is 3.65. The van der Waals surface area contributed by atoms with Gasteiger partial charge >= 0.3 is 0 Å². The molecule has 6 heteroatoms. The van der Waals surface area contributed by atoms with E-state index in [9.17, 15) is 0 Å². The molecule has 1 aliphatic rings. The molecule has 0 amide bonds. The van der Waals surface area contributed by atoms with E-state index >= 15 is 0 Å². The van der Waals surface area contributed by atoms with E-state index in [0.717, 1.165) is 0 Å². The molecule has 5 N–H and O–H groups in total. The lowest BCUT2D eigenvalue weighted by Crippen LogP contribution is -2.58. The highest BCUT2D eigenvalue weighted by Gasteiger charge is 2.42. The van der Waals surface area contributed by atoms with E-state index in [2.05, 4.69) is 4.74 Å². The molecule has 0 unspecified atom stereocenters. The van der Waals surface area contributed by atoms with Crippen molar-refractivity contribution in [3.8, 4) is 0 Å². The first kappa shape index (κ1) is 9.85. The zero-order valence-corrected chi connectivity index (χ0v) is 6.24. The predicted octanol–water partition coefficient (Wildman–Crippen LogP) is -3.22. The van der Waals surface area contributed by atoms with Crippen LogP contribution in [-0.4, -0.2) is 62.8 Å². The largest absolute Gasteiger partial charge is 0.394 e. The van der Waals surface area contributed by atoms with Crippen LogP contribution in [0.4, 0.5) is 0 Å². The van der Waals surface area contributed by atoms with Crippen molar-refractivity contribution in [2.24, 2.45) is 0 Å². The van der Waals surface area contributed by atoms with E-state index in [1.807, 2.05) is 0 Å². The Labute approximate surface area is 68.6 Å². The third kappa shape index (κ3) is 1.58. The number of rotatable bonds is 1. The summed E-state index contributed by atoms with van der Waals surface area (Å²) in [6.07, 6.45) is -7.04. The van der Waals surface area contributed by atoms with Crippen LogP contribution in [-0.2, 0) is 4.74 Å². The first-order valence-electron chi connectivity index (χ1n) is 3.56. The summed E-state index contributed by atoms with van der Waals surface area (Å²) in [5.41, 5.74) is 0. The molecule has 1 heterocycles. The third-order valence-electron chi connectivity index (χ3n) is 1.87. The maximum Gasteiger partial charge on any atom is 0.184 e. The molecule has 0 aliphatic carbocycles. The van der Waals surface area contributed by atoms with Gasteiger partial charge in [0.05, 0.1) is 6.61 Å². The standard InChI is InChI=1S/C6H12O6/c7-1-2-3(8)4(9)5(10)6(11)12-2/h2-11H,1H2/t2-,3-,4+,5-,6+/m1/s1/i6-1. The molecule has 0 aromatic heterocycles. The number of aliphatic hydroxyl groups excluding tert-OH is 5. The Kier molecular flexibility index (Phi) is 2.99. The molecule has 5 atom stereocenters. The van der Waals surface area contributed by atoms with Crippen molar-refractivity contribution >= 4 is 0 Å². The summed E-state index contributed by atoms with van der Waals surface area (Å²) in [7, 11) is 0. The number of ether oxygens (including phenoxy) is 1. The average molecular weight is 179 g/mol. The normalized spacial score (nSPS) is 49.2. The van der Waals surface area contributed by atoms with Gasteiger partial charge in [-0.25, -0.2) is 0 Å². The van der Waals surface area contributed by atoms with Crippen molar-refractivity contribution in [3.63, 3.8) is 0 Å². The summed E-state index contributed by atoms with van der Waals surface area (Å²) in [6, 6.07) is 0. The molecule has 6 nitrogen and oxygen atoms in total. The molecule has 12 heavy (non-hydrogen) atoms. The summed E-state index contributed by atoms with van der Waals surface area (Å²) in [6.45, 7) is -0.526. The van der Waals surface area contributed by atoms with Gasteiger partial charge in [-0.2, -0.15) is 0 Å². The average Bonchev–Trinajstić information content (AvgIpc) is 2.08. The van der Waals surface area contributed by atoms with Gasteiger partial charge in [0.1, 0.15) is 24.4 Å². The maximum atomic E-state index is 9.12. The first-order chi connectivity index (χ1) is 5.57. The van der Waals surface area contributed by atoms with Crippen molar-refractivity contribution in [3.05, 3.63) is 0 Å². The molecule has 0 radical (unpaired) electrons. The summed E-state index contributed by atoms with van der Waals surface area (Å²) in [4.78, 5) is 0. The maximum absolute atomic E-state index is 9.12. The van der Waals surface area contributed by atoms with Crippen LogP contribution < -0.4 is 0 Å². The van der Waals surface area contributed by atoms with Crippen LogP contribution in [0.2, 0.25) is 0 Å². The molecular formula is C6H12O6. The lowest BCUT2D eigenvalue weighted by molar-refractivity contribution is -0.286. The Bertz CT molecular complexity index is 146. The van der Waals surface area contributed by atoms with E-state index in [1.54, 1.807) is 0 Å². The highest BCUT2D eigenvalue weighted by molar-refractivity contribution is 4.87.